The van der Waals surface area contributed by atoms with Crippen LogP contribution in [0.5, 0.6) is 0 Å². The Bertz CT molecular complexity index is 1170. The van der Waals surface area contributed by atoms with Gasteiger partial charge in [-0.05, 0) is 25.1 Å². The monoisotopic (exact) mass is 416 g/mol. The summed E-state index contributed by atoms with van der Waals surface area (Å²) in [6.45, 7) is 2.47. The van der Waals surface area contributed by atoms with Gasteiger partial charge in [-0.1, -0.05) is 29.3 Å². The van der Waals surface area contributed by atoms with Crippen LogP contribution in [0.4, 0.5) is 0 Å². The molecular weight excluding hydrogens is 403 g/mol. The minimum absolute atomic E-state index is 0.177. The molecule has 0 aliphatic heterocycles. The fraction of sp³-hybridized carbons (Fsp3) is 0.158. The molecule has 0 atom stereocenters. The van der Waals surface area contributed by atoms with Crippen LogP contribution in [0.1, 0.15) is 28.5 Å². The summed E-state index contributed by atoms with van der Waals surface area (Å²) in [4.78, 5) is 24.4. The van der Waals surface area contributed by atoms with E-state index in [2.05, 4.69) is 5.10 Å². The van der Waals surface area contributed by atoms with Crippen LogP contribution >= 0.6 is 23.2 Å². The van der Waals surface area contributed by atoms with Crippen molar-refractivity contribution in [3.05, 3.63) is 73.7 Å². The Morgan fingerprint density at radius 3 is 2.57 bits per heavy atom. The Kier molecular flexibility index (Phi) is 5.54. The number of carboxylic acid groups (broad SMARTS) is 1. The lowest BCUT2D eigenvalue weighted by Crippen LogP contribution is -2.24. The molecule has 142 valence electrons. The van der Waals surface area contributed by atoms with Gasteiger partial charge in [-0.3, -0.25) is 9.48 Å². The minimum Gasteiger partial charge on any atom is -0.477 e. The van der Waals surface area contributed by atoms with Crippen molar-refractivity contribution < 1.29 is 9.90 Å². The standard InChI is InChI=1S/C19H14Cl2N4O3/c1-2-25-13(10-24-6-5-16(21)23-24)8-15(26)17(19(27)28)18(25)11-3-4-12(9-22)14(20)7-11/h3-8H,2,10H2,1H3,(H,27,28). The first-order valence-corrected chi connectivity index (χ1v) is 9.00. The second kappa shape index (κ2) is 7.89. The maximum atomic E-state index is 12.6. The van der Waals surface area contributed by atoms with Gasteiger partial charge in [0.15, 0.2) is 10.6 Å². The molecule has 0 aliphatic carbocycles. The first-order chi connectivity index (χ1) is 13.3. The molecular formula is C19H14Cl2N4O3. The van der Waals surface area contributed by atoms with Crippen LogP contribution in [0.2, 0.25) is 10.2 Å². The Morgan fingerprint density at radius 2 is 2.04 bits per heavy atom. The van der Waals surface area contributed by atoms with Crippen LogP contribution in [-0.4, -0.2) is 25.4 Å². The Hall–Kier alpha value is -3.08. The molecule has 9 heteroatoms. The van der Waals surface area contributed by atoms with Crippen molar-refractivity contribution in [1.29, 1.82) is 5.26 Å². The predicted molar refractivity (Wildman–Crippen MR) is 105 cm³/mol. The number of rotatable bonds is 5. The molecule has 0 amide bonds. The fourth-order valence-electron chi connectivity index (χ4n) is 3.04. The lowest BCUT2D eigenvalue weighted by atomic mass is 10.0. The number of hydrogen-bond donors (Lipinski definition) is 1. The smallest absolute Gasteiger partial charge is 0.341 e. The SMILES string of the molecule is CCn1c(Cn2ccc(Cl)n2)cc(=O)c(C(=O)O)c1-c1ccc(C#N)c(Cl)c1. The fourth-order valence-corrected chi connectivity index (χ4v) is 3.42. The topological polar surface area (TPSA) is 101 Å². The van der Waals surface area contributed by atoms with Crippen molar-refractivity contribution in [3.63, 3.8) is 0 Å². The van der Waals surface area contributed by atoms with Crippen LogP contribution in [0, 0.1) is 11.3 Å². The molecule has 3 rings (SSSR count). The van der Waals surface area contributed by atoms with E-state index in [0.29, 0.717) is 23.0 Å². The van der Waals surface area contributed by atoms with E-state index in [1.165, 1.54) is 18.2 Å². The zero-order valence-electron chi connectivity index (χ0n) is 14.7. The van der Waals surface area contributed by atoms with Gasteiger partial charge in [0.2, 0.25) is 0 Å². The summed E-state index contributed by atoms with van der Waals surface area (Å²) in [6.07, 6.45) is 1.66. The van der Waals surface area contributed by atoms with Gasteiger partial charge in [-0.15, -0.1) is 0 Å². The third kappa shape index (κ3) is 3.65. The number of halogens is 2. The van der Waals surface area contributed by atoms with Gasteiger partial charge >= 0.3 is 5.97 Å². The molecule has 2 heterocycles. The average molecular weight is 417 g/mol. The number of nitriles is 1. The highest BCUT2D eigenvalue weighted by atomic mass is 35.5. The summed E-state index contributed by atoms with van der Waals surface area (Å²) >= 11 is 12.0. The van der Waals surface area contributed by atoms with Crippen molar-refractivity contribution in [2.24, 2.45) is 0 Å². The van der Waals surface area contributed by atoms with Gasteiger partial charge in [0.25, 0.3) is 0 Å². The molecule has 0 aliphatic rings. The highest BCUT2D eigenvalue weighted by Gasteiger charge is 2.22. The largest absolute Gasteiger partial charge is 0.477 e. The molecule has 0 saturated carbocycles. The third-order valence-electron chi connectivity index (χ3n) is 4.22. The van der Waals surface area contributed by atoms with E-state index in [1.54, 1.807) is 27.6 Å². The van der Waals surface area contributed by atoms with Crippen LogP contribution in [0.25, 0.3) is 11.3 Å². The summed E-state index contributed by atoms with van der Waals surface area (Å²) in [5.74, 6) is -1.34. The second-order valence-corrected chi connectivity index (χ2v) is 6.71. The van der Waals surface area contributed by atoms with E-state index in [1.807, 2.05) is 13.0 Å². The van der Waals surface area contributed by atoms with Crippen molar-refractivity contribution in [3.8, 4) is 17.3 Å². The Balaban J connectivity index is 2.29. The number of carbonyl (C=O) groups is 1. The van der Waals surface area contributed by atoms with E-state index >= 15 is 0 Å². The molecule has 0 radical (unpaired) electrons. The molecule has 1 aromatic carbocycles. The first kappa shape index (κ1) is 19.7. The van der Waals surface area contributed by atoms with E-state index < -0.39 is 11.4 Å². The lowest BCUT2D eigenvalue weighted by Gasteiger charge is -2.20. The van der Waals surface area contributed by atoms with Gasteiger partial charge in [-0.25, -0.2) is 4.79 Å². The van der Waals surface area contributed by atoms with E-state index in [0.717, 1.165) is 0 Å². The molecule has 0 bridgehead atoms. The molecule has 7 nitrogen and oxygen atoms in total. The summed E-state index contributed by atoms with van der Waals surface area (Å²) in [7, 11) is 0. The van der Waals surface area contributed by atoms with Crippen LogP contribution < -0.4 is 5.43 Å². The maximum Gasteiger partial charge on any atom is 0.341 e. The number of pyridine rings is 1. The van der Waals surface area contributed by atoms with Crippen LogP contribution in [0.3, 0.4) is 0 Å². The molecule has 0 unspecified atom stereocenters. The minimum atomic E-state index is -1.34. The number of hydrogen-bond acceptors (Lipinski definition) is 4. The first-order valence-electron chi connectivity index (χ1n) is 8.24. The summed E-state index contributed by atoms with van der Waals surface area (Å²) < 4.78 is 3.28. The number of benzene rings is 1. The summed E-state index contributed by atoms with van der Waals surface area (Å²) in [5.41, 5.74) is 0.497. The van der Waals surface area contributed by atoms with Gasteiger partial charge in [0.05, 0.1) is 22.8 Å². The molecule has 1 N–H and O–H groups in total. The van der Waals surface area contributed by atoms with Crippen molar-refractivity contribution >= 4 is 29.2 Å². The molecule has 0 spiro atoms. The maximum absolute atomic E-state index is 12.6. The molecule has 0 fully saturated rings. The quantitative estimate of drug-likeness (QED) is 0.683. The highest BCUT2D eigenvalue weighted by Crippen LogP contribution is 2.28. The third-order valence-corrected chi connectivity index (χ3v) is 4.74. The average Bonchev–Trinajstić information content (AvgIpc) is 3.05. The predicted octanol–water partition coefficient (Wildman–Crippen LogP) is 3.66. The van der Waals surface area contributed by atoms with Gasteiger partial charge in [0.1, 0.15) is 11.6 Å². The van der Waals surface area contributed by atoms with E-state index in [9.17, 15) is 14.7 Å². The van der Waals surface area contributed by atoms with Gasteiger partial charge in [-0.2, -0.15) is 10.4 Å². The normalized spacial score (nSPS) is 10.6. The van der Waals surface area contributed by atoms with Crippen molar-refractivity contribution in [2.45, 2.75) is 20.0 Å². The van der Waals surface area contributed by atoms with Crippen LogP contribution in [0.15, 0.2) is 41.3 Å². The summed E-state index contributed by atoms with van der Waals surface area (Å²) in [6, 6.07) is 9.42. The molecule has 28 heavy (non-hydrogen) atoms. The second-order valence-electron chi connectivity index (χ2n) is 5.92. The van der Waals surface area contributed by atoms with E-state index in [-0.39, 0.29) is 28.4 Å². The van der Waals surface area contributed by atoms with E-state index in [4.69, 9.17) is 28.5 Å². The number of carboxylic acids is 1. The number of aromatic nitrogens is 3. The highest BCUT2D eigenvalue weighted by molar-refractivity contribution is 6.32. The van der Waals surface area contributed by atoms with Crippen molar-refractivity contribution in [1.82, 2.24) is 14.3 Å². The van der Waals surface area contributed by atoms with Gasteiger partial charge < -0.3 is 9.67 Å². The number of nitrogens with zero attached hydrogens (tertiary/aromatic N) is 4. The van der Waals surface area contributed by atoms with Crippen LogP contribution in [-0.2, 0) is 13.1 Å². The summed E-state index contributed by atoms with van der Waals surface area (Å²) in [5, 5.41) is 23.3. The lowest BCUT2D eigenvalue weighted by molar-refractivity contribution is 0.0695. The Labute approximate surface area is 170 Å². The Morgan fingerprint density at radius 1 is 1.29 bits per heavy atom. The van der Waals surface area contributed by atoms with Crippen molar-refractivity contribution in [2.75, 3.05) is 0 Å². The van der Waals surface area contributed by atoms with Gasteiger partial charge in [0, 0.05) is 30.1 Å². The zero-order chi connectivity index (χ0) is 20.4. The molecule has 0 saturated heterocycles. The number of aromatic carboxylic acids is 1. The molecule has 2 aromatic heterocycles. The zero-order valence-corrected chi connectivity index (χ0v) is 16.2. The molecule has 3 aromatic rings.